The van der Waals surface area contributed by atoms with Crippen LogP contribution in [0.15, 0.2) is 82.8 Å². The lowest BCUT2D eigenvalue weighted by molar-refractivity contribution is -0.112. The highest BCUT2D eigenvalue weighted by Gasteiger charge is 2.10. The minimum Gasteiger partial charge on any atom is -0.489 e. The van der Waals surface area contributed by atoms with Gasteiger partial charge in [0.15, 0.2) is 0 Å². The van der Waals surface area contributed by atoms with Crippen LogP contribution in [0.2, 0.25) is 0 Å². The minimum absolute atomic E-state index is 0.0384. The van der Waals surface area contributed by atoms with Crippen molar-refractivity contribution in [3.63, 3.8) is 0 Å². The van der Waals surface area contributed by atoms with Crippen molar-refractivity contribution in [1.29, 1.82) is 5.26 Å². The first-order valence-corrected chi connectivity index (χ1v) is 10.4. The van der Waals surface area contributed by atoms with Crippen LogP contribution in [0.1, 0.15) is 23.6 Å². The smallest absolute Gasteiger partial charge is 0.266 e. The highest BCUT2D eigenvalue weighted by atomic mass is 79.9. The van der Waals surface area contributed by atoms with Crippen molar-refractivity contribution in [3.8, 4) is 11.8 Å². The lowest BCUT2D eigenvalue weighted by Crippen LogP contribution is -2.13. The number of benzene rings is 3. The van der Waals surface area contributed by atoms with E-state index in [1.165, 1.54) is 5.56 Å². The zero-order valence-electron chi connectivity index (χ0n) is 16.6. The van der Waals surface area contributed by atoms with E-state index in [-0.39, 0.29) is 5.57 Å². The Bertz CT molecular complexity index is 1080. The Morgan fingerprint density at radius 3 is 2.40 bits per heavy atom. The molecule has 3 rings (SSSR count). The summed E-state index contributed by atoms with van der Waals surface area (Å²) < 4.78 is 6.81. The van der Waals surface area contributed by atoms with Gasteiger partial charge < -0.3 is 10.1 Å². The van der Waals surface area contributed by atoms with E-state index < -0.39 is 5.91 Å². The number of nitrogens with one attached hydrogen (secondary N) is 1. The van der Waals surface area contributed by atoms with Gasteiger partial charge in [0, 0.05) is 15.7 Å². The minimum atomic E-state index is -0.434. The molecule has 0 bridgehead atoms. The summed E-state index contributed by atoms with van der Waals surface area (Å²) in [5, 5.41) is 12.2. The quantitative estimate of drug-likeness (QED) is 0.340. The van der Waals surface area contributed by atoms with E-state index in [4.69, 9.17) is 4.74 Å². The fraction of sp³-hybridized carbons (Fsp3) is 0.120. The van der Waals surface area contributed by atoms with Gasteiger partial charge in [-0.2, -0.15) is 5.26 Å². The Morgan fingerprint density at radius 2 is 1.77 bits per heavy atom. The molecule has 3 aromatic rings. The molecule has 30 heavy (non-hydrogen) atoms. The molecule has 150 valence electrons. The second-order valence-electron chi connectivity index (χ2n) is 6.62. The monoisotopic (exact) mass is 460 g/mol. The topological polar surface area (TPSA) is 62.1 Å². The first-order valence-electron chi connectivity index (χ1n) is 9.57. The van der Waals surface area contributed by atoms with E-state index in [1.807, 2.05) is 78.9 Å². The second-order valence-corrected chi connectivity index (χ2v) is 7.48. The van der Waals surface area contributed by atoms with Crippen molar-refractivity contribution < 1.29 is 9.53 Å². The van der Waals surface area contributed by atoms with Crippen molar-refractivity contribution in [2.45, 2.75) is 20.0 Å². The third-order valence-corrected chi connectivity index (χ3v) is 5.30. The summed E-state index contributed by atoms with van der Waals surface area (Å²) in [5.41, 5.74) is 3.68. The first kappa shape index (κ1) is 21.4. The zero-order valence-corrected chi connectivity index (χ0v) is 18.1. The van der Waals surface area contributed by atoms with Gasteiger partial charge in [-0.05, 0) is 54.0 Å². The molecule has 0 aliphatic carbocycles. The van der Waals surface area contributed by atoms with Gasteiger partial charge >= 0.3 is 0 Å². The van der Waals surface area contributed by atoms with Crippen LogP contribution in [0.4, 0.5) is 5.69 Å². The largest absolute Gasteiger partial charge is 0.489 e. The average molecular weight is 461 g/mol. The molecule has 0 aromatic heterocycles. The highest BCUT2D eigenvalue weighted by Crippen LogP contribution is 2.20. The van der Waals surface area contributed by atoms with Gasteiger partial charge in [-0.15, -0.1) is 0 Å². The maximum atomic E-state index is 12.4. The number of rotatable bonds is 7. The van der Waals surface area contributed by atoms with Crippen LogP contribution in [-0.2, 0) is 17.8 Å². The number of hydrogen-bond donors (Lipinski definition) is 1. The van der Waals surface area contributed by atoms with Crippen molar-refractivity contribution >= 4 is 33.6 Å². The van der Waals surface area contributed by atoms with Crippen molar-refractivity contribution in [2.24, 2.45) is 0 Å². The van der Waals surface area contributed by atoms with Crippen molar-refractivity contribution in [1.82, 2.24) is 0 Å². The molecule has 0 aliphatic rings. The molecule has 0 aliphatic heterocycles. The molecule has 0 fully saturated rings. The molecule has 4 nitrogen and oxygen atoms in total. The Hall–Kier alpha value is -3.36. The Morgan fingerprint density at radius 1 is 1.07 bits per heavy atom. The van der Waals surface area contributed by atoms with Crippen LogP contribution in [0.3, 0.4) is 0 Å². The number of nitriles is 1. The van der Waals surface area contributed by atoms with E-state index in [1.54, 1.807) is 6.08 Å². The molecule has 0 unspecified atom stereocenters. The number of halogens is 1. The maximum absolute atomic E-state index is 12.4. The van der Waals surface area contributed by atoms with Crippen LogP contribution >= 0.6 is 15.9 Å². The average Bonchev–Trinajstić information content (AvgIpc) is 2.78. The third-order valence-electron chi connectivity index (χ3n) is 4.53. The van der Waals surface area contributed by atoms with Crippen molar-refractivity contribution in [3.05, 3.63) is 99.5 Å². The van der Waals surface area contributed by atoms with Crippen LogP contribution in [0, 0.1) is 11.3 Å². The standard InChI is InChI=1S/C25H21BrN2O2/c1-2-18-7-11-22(12-8-18)28-25(29)21(16-27)15-19-9-13-23(14-10-19)30-17-20-5-3-4-6-24(20)26/h3-15H,2,17H2,1H3,(H,28,29)/b21-15+. The van der Waals surface area contributed by atoms with E-state index >= 15 is 0 Å². The second kappa shape index (κ2) is 10.4. The van der Waals surface area contributed by atoms with E-state index in [0.717, 1.165) is 22.0 Å². The Kier molecular flexibility index (Phi) is 7.42. The van der Waals surface area contributed by atoms with Crippen LogP contribution in [0.5, 0.6) is 5.75 Å². The number of anilines is 1. The third kappa shape index (κ3) is 5.82. The molecular formula is C25H21BrN2O2. The summed E-state index contributed by atoms with van der Waals surface area (Å²) in [7, 11) is 0. The number of hydrogen-bond acceptors (Lipinski definition) is 3. The number of carbonyl (C=O) groups excluding carboxylic acids is 1. The maximum Gasteiger partial charge on any atom is 0.266 e. The Balaban J connectivity index is 1.64. The number of amides is 1. The fourth-order valence-corrected chi connectivity index (χ4v) is 3.17. The zero-order chi connectivity index (χ0) is 21.3. The van der Waals surface area contributed by atoms with Gasteiger partial charge in [0.2, 0.25) is 0 Å². The molecular weight excluding hydrogens is 440 g/mol. The predicted molar refractivity (Wildman–Crippen MR) is 123 cm³/mol. The molecule has 0 atom stereocenters. The summed E-state index contributed by atoms with van der Waals surface area (Å²) in [6.45, 7) is 2.51. The highest BCUT2D eigenvalue weighted by molar-refractivity contribution is 9.10. The lowest BCUT2D eigenvalue weighted by atomic mass is 10.1. The molecule has 0 heterocycles. The number of carbonyl (C=O) groups is 1. The first-order chi connectivity index (χ1) is 14.6. The summed E-state index contributed by atoms with van der Waals surface area (Å²) in [4.78, 5) is 12.4. The van der Waals surface area contributed by atoms with Gasteiger partial charge in [-0.3, -0.25) is 4.79 Å². The summed E-state index contributed by atoms with van der Waals surface area (Å²) >= 11 is 3.50. The van der Waals surface area contributed by atoms with Crippen LogP contribution < -0.4 is 10.1 Å². The molecule has 0 spiro atoms. The molecule has 0 saturated carbocycles. The van der Waals surface area contributed by atoms with Gasteiger partial charge in [0.1, 0.15) is 24.0 Å². The molecule has 0 radical (unpaired) electrons. The van der Waals surface area contributed by atoms with Gasteiger partial charge in [0.25, 0.3) is 5.91 Å². The lowest BCUT2D eigenvalue weighted by Gasteiger charge is -2.08. The molecule has 1 N–H and O–H groups in total. The van der Waals surface area contributed by atoms with Crippen LogP contribution in [0.25, 0.3) is 6.08 Å². The molecule has 5 heteroatoms. The van der Waals surface area contributed by atoms with E-state index in [9.17, 15) is 10.1 Å². The molecule has 3 aromatic carbocycles. The predicted octanol–water partition coefficient (Wildman–Crippen LogP) is 6.14. The van der Waals surface area contributed by atoms with E-state index in [0.29, 0.717) is 18.0 Å². The van der Waals surface area contributed by atoms with Gasteiger partial charge in [-0.25, -0.2) is 0 Å². The number of ether oxygens (including phenoxy) is 1. The normalized spacial score (nSPS) is 10.9. The fourth-order valence-electron chi connectivity index (χ4n) is 2.77. The molecule has 0 saturated heterocycles. The number of aryl methyl sites for hydroxylation is 1. The Labute approximate surface area is 184 Å². The summed E-state index contributed by atoms with van der Waals surface area (Å²) in [6.07, 6.45) is 2.49. The van der Waals surface area contributed by atoms with Gasteiger partial charge in [-0.1, -0.05) is 65.3 Å². The van der Waals surface area contributed by atoms with Crippen molar-refractivity contribution in [2.75, 3.05) is 5.32 Å². The summed E-state index contributed by atoms with van der Waals surface area (Å²) in [5.74, 6) is 0.276. The SMILES string of the molecule is CCc1ccc(NC(=O)/C(C#N)=C/c2ccc(OCc3ccccc3Br)cc2)cc1. The summed E-state index contributed by atoms with van der Waals surface area (Å²) in [6, 6.07) is 24.7. The van der Waals surface area contributed by atoms with Crippen LogP contribution in [-0.4, -0.2) is 5.91 Å². The van der Waals surface area contributed by atoms with Gasteiger partial charge in [0.05, 0.1) is 0 Å². The molecule has 1 amide bonds. The van der Waals surface area contributed by atoms with E-state index in [2.05, 4.69) is 28.2 Å². The number of nitrogens with zero attached hydrogens (tertiary/aromatic N) is 1.